The molecule has 0 aromatic heterocycles. The van der Waals surface area contributed by atoms with E-state index in [2.05, 4.69) is 22.6 Å². The van der Waals surface area contributed by atoms with Crippen LogP contribution in [0.25, 0.3) is 0 Å². The summed E-state index contributed by atoms with van der Waals surface area (Å²) in [5, 5.41) is 0. The minimum Gasteiger partial charge on any atom is -0.466 e. The van der Waals surface area contributed by atoms with Crippen LogP contribution in [0.3, 0.4) is 0 Å². The third-order valence-electron chi connectivity index (χ3n) is 2.67. The smallest absolute Gasteiger partial charge is 0.308 e. The number of rotatable bonds is 16. The molecule has 0 aliphatic rings. The summed E-state index contributed by atoms with van der Waals surface area (Å²) in [6, 6.07) is 0. The average molecular weight is 416 g/mol. The van der Waals surface area contributed by atoms with Crippen molar-refractivity contribution in [2.45, 2.75) is 39.0 Å². The van der Waals surface area contributed by atoms with E-state index in [-0.39, 0.29) is 5.97 Å². The number of esters is 1. The fourth-order valence-electron chi connectivity index (χ4n) is 1.58. The van der Waals surface area contributed by atoms with Crippen molar-refractivity contribution in [2.75, 3.05) is 50.7 Å². The highest BCUT2D eigenvalue weighted by molar-refractivity contribution is 14.1. The van der Waals surface area contributed by atoms with Crippen LogP contribution in [0.15, 0.2) is 0 Å². The van der Waals surface area contributed by atoms with Crippen molar-refractivity contribution in [3.05, 3.63) is 0 Å². The third kappa shape index (κ3) is 18.0. The van der Waals surface area contributed by atoms with Gasteiger partial charge in [0.1, 0.15) is 0 Å². The molecule has 5 nitrogen and oxygen atoms in total. The van der Waals surface area contributed by atoms with E-state index in [1.165, 1.54) is 23.7 Å². The number of carbonyl (C=O) groups is 1. The Morgan fingerprint density at radius 1 is 0.810 bits per heavy atom. The lowest BCUT2D eigenvalue weighted by molar-refractivity contribution is -0.144. The van der Waals surface area contributed by atoms with Crippen LogP contribution >= 0.6 is 22.6 Å². The molecule has 0 aliphatic heterocycles. The zero-order chi connectivity index (χ0) is 15.6. The van der Waals surface area contributed by atoms with Gasteiger partial charge in [-0.2, -0.15) is 0 Å². The molecular weight excluding hydrogens is 387 g/mol. The highest BCUT2D eigenvalue weighted by atomic mass is 127. The summed E-state index contributed by atoms with van der Waals surface area (Å²) >= 11 is 2.41. The summed E-state index contributed by atoms with van der Waals surface area (Å²) in [5.74, 6) is -0.217. The summed E-state index contributed by atoms with van der Waals surface area (Å²) in [5.41, 5.74) is 0. The largest absolute Gasteiger partial charge is 0.466 e. The summed E-state index contributed by atoms with van der Waals surface area (Å²) in [6.45, 7) is 5.66. The highest BCUT2D eigenvalue weighted by Gasteiger charge is 2.00. The Morgan fingerprint density at radius 2 is 1.38 bits per heavy atom. The van der Waals surface area contributed by atoms with Gasteiger partial charge in [0.2, 0.25) is 0 Å². The average Bonchev–Trinajstić information content (AvgIpc) is 2.48. The van der Waals surface area contributed by atoms with Crippen LogP contribution in [-0.2, 0) is 23.7 Å². The Hall–Kier alpha value is 0.0800. The molecule has 0 rings (SSSR count). The Labute approximate surface area is 142 Å². The monoisotopic (exact) mass is 416 g/mol. The van der Waals surface area contributed by atoms with Crippen LogP contribution in [0.2, 0.25) is 0 Å². The van der Waals surface area contributed by atoms with Gasteiger partial charge in [-0.3, -0.25) is 4.79 Å². The maximum absolute atomic E-state index is 11.0. The van der Waals surface area contributed by atoms with Gasteiger partial charge in [-0.25, -0.2) is 0 Å². The van der Waals surface area contributed by atoms with Crippen LogP contribution < -0.4 is 0 Å². The van der Waals surface area contributed by atoms with Gasteiger partial charge in [0.15, 0.2) is 0 Å². The van der Waals surface area contributed by atoms with Crippen molar-refractivity contribution in [2.24, 2.45) is 0 Å². The van der Waals surface area contributed by atoms with Crippen LogP contribution in [0.1, 0.15) is 39.0 Å². The molecular formula is C15H29IO5. The first-order valence-corrected chi connectivity index (χ1v) is 9.28. The number of halogens is 1. The minimum absolute atomic E-state index is 0.217. The second-order valence-corrected chi connectivity index (χ2v) is 5.57. The third-order valence-corrected chi connectivity index (χ3v) is 3.43. The molecule has 0 saturated carbocycles. The molecule has 0 radical (unpaired) electrons. The lowest BCUT2D eigenvalue weighted by Crippen LogP contribution is -2.12. The predicted molar refractivity (Wildman–Crippen MR) is 91.1 cm³/mol. The van der Waals surface area contributed by atoms with Crippen molar-refractivity contribution in [1.29, 1.82) is 0 Å². The predicted octanol–water partition coefficient (Wildman–Crippen LogP) is 2.98. The Kier molecular flexibility index (Phi) is 18.2. The van der Waals surface area contributed by atoms with Crippen LogP contribution in [-0.4, -0.2) is 56.6 Å². The van der Waals surface area contributed by atoms with E-state index in [1.54, 1.807) is 6.92 Å². The van der Waals surface area contributed by atoms with Gasteiger partial charge in [-0.05, 0) is 24.2 Å². The van der Waals surface area contributed by atoms with Crippen LogP contribution in [0.4, 0.5) is 0 Å². The second kappa shape index (κ2) is 18.1. The maximum atomic E-state index is 11.0. The molecule has 0 unspecified atom stereocenters. The summed E-state index contributed by atoms with van der Waals surface area (Å²) in [4.78, 5) is 11.0. The topological polar surface area (TPSA) is 54.0 Å². The fourth-order valence-corrected chi connectivity index (χ4v) is 2.12. The van der Waals surface area contributed by atoms with E-state index in [0.29, 0.717) is 46.1 Å². The molecule has 126 valence electrons. The lowest BCUT2D eigenvalue weighted by atomic mass is 10.2. The molecule has 0 aliphatic carbocycles. The summed E-state index contributed by atoms with van der Waals surface area (Å²) in [7, 11) is 0. The molecule has 0 atom stereocenters. The Morgan fingerprint density at radius 3 is 2.00 bits per heavy atom. The number of hydrogen-bond donors (Lipinski definition) is 0. The maximum Gasteiger partial charge on any atom is 0.308 e. The quantitative estimate of drug-likeness (QED) is 0.168. The highest BCUT2D eigenvalue weighted by Crippen LogP contribution is 2.02. The Balaban J connectivity index is 3.01. The summed E-state index contributed by atoms with van der Waals surface area (Å²) < 4.78 is 22.1. The minimum atomic E-state index is -0.217. The fraction of sp³-hybridized carbons (Fsp3) is 0.933. The molecule has 0 spiro atoms. The first-order chi connectivity index (χ1) is 10.3. The van der Waals surface area contributed by atoms with Crippen molar-refractivity contribution in [3.8, 4) is 0 Å². The molecule has 0 heterocycles. The van der Waals surface area contributed by atoms with Gasteiger partial charge < -0.3 is 18.9 Å². The summed E-state index contributed by atoms with van der Waals surface area (Å²) in [6.07, 6.45) is 5.28. The standard InChI is InChI=1S/C15H29IO5/c1-2-21-15(17)7-10-19-12-14-20-13-11-18-9-6-4-3-5-8-16/h2-14H2,1H3. The molecule has 0 aromatic rings. The van der Waals surface area contributed by atoms with E-state index in [0.717, 1.165) is 13.0 Å². The van der Waals surface area contributed by atoms with Gasteiger partial charge in [0.05, 0.1) is 46.1 Å². The van der Waals surface area contributed by atoms with E-state index < -0.39 is 0 Å². The first-order valence-electron chi connectivity index (χ1n) is 7.76. The van der Waals surface area contributed by atoms with E-state index >= 15 is 0 Å². The van der Waals surface area contributed by atoms with Gasteiger partial charge in [0, 0.05) is 6.61 Å². The number of hydrogen-bond acceptors (Lipinski definition) is 5. The zero-order valence-electron chi connectivity index (χ0n) is 13.1. The molecule has 6 heteroatoms. The SMILES string of the molecule is CCOC(=O)CCOCCOCCOCCCCCCI. The molecule has 0 aromatic carbocycles. The van der Waals surface area contributed by atoms with Gasteiger partial charge in [-0.15, -0.1) is 0 Å². The van der Waals surface area contributed by atoms with Crippen LogP contribution in [0.5, 0.6) is 0 Å². The molecule has 0 amide bonds. The van der Waals surface area contributed by atoms with Gasteiger partial charge >= 0.3 is 5.97 Å². The lowest BCUT2D eigenvalue weighted by Gasteiger charge is -2.07. The van der Waals surface area contributed by atoms with E-state index in [9.17, 15) is 4.79 Å². The molecule has 0 saturated heterocycles. The number of unbranched alkanes of at least 4 members (excludes halogenated alkanes) is 3. The number of carbonyl (C=O) groups excluding carboxylic acids is 1. The Bertz CT molecular complexity index is 226. The normalized spacial score (nSPS) is 10.8. The van der Waals surface area contributed by atoms with Crippen molar-refractivity contribution in [3.63, 3.8) is 0 Å². The van der Waals surface area contributed by atoms with Crippen molar-refractivity contribution in [1.82, 2.24) is 0 Å². The molecule has 21 heavy (non-hydrogen) atoms. The van der Waals surface area contributed by atoms with Crippen molar-refractivity contribution < 1.29 is 23.7 Å². The number of alkyl halides is 1. The van der Waals surface area contributed by atoms with E-state index in [1.807, 2.05) is 0 Å². The molecule has 0 fully saturated rings. The van der Waals surface area contributed by atoms with E-state index in [4.69, 9.17) is 18.9 Å². The second-order valence-electron chi connectivity index (χ2n) is 4.50. The molecule has 0 N–H and O–H groups in total. The van der Waals surface area contributed by atoms with Crippen LogP contribution in [0, 0.1) is 0 Å². The van der Waals surface area contributed by atoms with Gasteiger partial charge in [0.25, 0.3) is 0 Å². The number of ether oxygens (including phenoxy) is 4. The van der Waals surface area contributed by atoms with Crippen molar-refractivity contribution >= 4 is 28.6 Å². The first kappa shape index (κ1) is 21.1. The van der Waals surface area contributed by atoms with Gasteiger partial charge in [-0.1, -0.05) is 35.4 Å². The zero-order valence-corrected chi connectivity index (χ0v) is 15.3. The molecule has 0 bridgehead atoms.